The zero-order valence-corrected chi connectivity index (χ0v) is 12.3. The van der Waals surface area contributed by atoms with Crippen LogP contribution in [0.4, 0.5) is 0 Å². The monoisotopic (exact) mass is 278 g/mol. The molecule has 0 spiro atoms. The number of carbonyl (C=O) groups is 1. The van der Waals surface area contributed by atoms with Gasteiger partial charge in [0.15, 0.2) is 0 Å². The number of hydrogen-bond donors (Lipinski definition) is 1. The summed E-state index contributed by atoms with van der Waals surface area (Å²) in [5.74, 6) is -0.0194. The molecule has 6 nitrogen and oxygen atoms in total. The number of morpholine rings is 1. The summed E-state index contributed by atoms with van der Waals surface area (Å²) < 4.78 is 5.63. The molecule has 0 saturated carbocycles. The first-order chi connectivity index (χ1) is 9.61. The molecule has 1 saturated heterocycles. The fraction of sp³-hybridized carbons (Fsp3) is 0.643. The summed E-state index contributed by atoms with van der Waals surface area (Å²) in [5, 5.41) is 11.4. The van der Waals surface area contributed by atoms with E-state index >= 15 is 0 Å². The van der Waals surface area contributed by atoms with Crippen LogP contribution in [-0.4, -0.2) is 60.4 Å². The van der Waals surface area contributed by atoms with Gasteiger partial charge in [-0.05, 0) is 19.4 Å². The van der Waals surface area contributed by atoms with Crippen molar-refractivity contribution in [1.29, 1.82) is 0 Å². The van der Waals surface area contributed by atoms with Crippen LogP contribution in [0.1, 0.15) is 28.7 Å². The smallest absolute Gasteiger partial charge is 0.255 e. The number of ether oxygens (including phenoxy) is 1. The number of carbonyl (C=O) groups excluding carboxylic acids is 1. The highest BCUT2D eigenvalue weighted by Crippen LogP contribution is 2.11. The Hall–Kier alpha value is -1.53. The Balaban J connectivity index is 2.07. The second-order valence-corrected chi connectivity index (χ2v) is 5.08. The number of hydrogen-bond acceptors (Lipinski definition) is 5. The Morgan fingerprint density at radius 2 is 2.35 bits per heavy atom. The molecule has 2 rings (SSSR count). The molecule has 6 heteroatoms. The molecule has 110 valence electrons. The number of amides is 1. The number of nitrogens with zero attached hydrogens (tertiary/aromatic N) is 3. The Bertz CT molecular complexity index is 472. The average molecular weight is 278 g/mol. The number of likely N-dealkylation sites (N-methyl/N-ethyl adjacent to an activating group) is 1. The molecule has 0 radical (unpaired) electrons. The topological polar surface area (TPSA) is 67.4 Å². The first-order valence-electron chi connectivity index (χ1n) is 7.02. The van der Waals surface area contributed by atoms with Crippen LogP contribution in [0.3, 0.4) is 0 Å². The molecule has 0 bridgehead atoms. The van der Waals surface area contributed by atoms with Crippen molar-refractivity contribution in [3.05, 3.63) is 23.0 Å². The van der Waals surface area contributed by atoms with Crippen LogP contribution in [-0.2, 0) is 11.2 Å². The third-order valence-corrected chi connectivity index (χ3v) is 3.39. The molecule has 1 aliphatic rings. The Morgan fingerprint density at radius 3 is 3.00 bits per heavy atom. The van der Waals surface area contributed by atoms with Gasteiger partial charge in [-0.15, -0.1) is 0 Å². The second kappa shape index (κ2) is 6.76. The van der Waals surface area contributed by atoms with E-state index in [2.05, 4.69) is 15.5 Å². The first kappa shape index (κ1) is 14.9. The molecular weight excluding hydrogens is 256 g/mol. The van der Waals surface area contributed by atoms with E-state index in [-0.39, 0.29) is 12.0 Å². The highest BCUT2D eigenvalue weighted by atomic mass is 16.5. The van der Waals surface area contributed by atoms with Crippen LogP contribution < -0.4 is 5.32 Å². The van der Waals surface area contributed by atoms with Crippen molar-refractivity contribution < 1.29 is 9.53 Å². The summed E-state index contributed by atoms with van der Waals surface area (Å²) >= 11 is 0. The van der Waals surface area contributed by atoms with E-state index in [1.165, 1.54) is 0 Å². The van der Waals surface area contributed by atoms with Crippen molar-refractivity contribution in [2.75, 3.05) is 33.3 Å². The van der Waals surface area contributed by atoms with Crippen molar-refractivity contribution in [3.8, 4) is 0 Å². The molecule has 1 atom stereocenters. The lowest BCUT2D eigenvalue weighted by atomic mass is 10.1. The van der Waals surface area contributed by atoms with Gasteiger partial charge in [0.05, 0.1) is 29.7 Å². The normalized spacial score (nSPS) is 18.9. The fourth-order valence-corrected chi connectivity index (χ4v) is 2.29. The van der Waals surface area contributed by atoms with Gasteiger partial charge in [0, 0.05) is 26.7 Å². The molecule has 0 aliphatic carbocycles. The summed E-state index contributed by atoms with van der Waals surface area (Å²) in [7, 11) is 1.80. The van der Waals surface area contributed by atoms with Crippen molar-refractivity contribution >= 4 is 5.91 Å². The summed E-state index contributed by atoms with van der Waals surface area (Å²) in [4.78, 5) is 14.2. The lowest BCUT2D eigenvalue weighted by Gasteiger charge is -2.28. The minimum Gasteiger partial charge on any atom is -0.374 e. The van der Waals surface area contributed by atoms with Gasteiger partial charge < -0.3 is 15.0 Å². The van der Waals surface area contributed by atoms with Crippen LogP contribution >= 0.6 is 0 Å². The largest absolute Gasteiger partial charge is 0.374 e. The molecular formula is C14H22N4O2. The number of aromatic nitrogens is 2. The van der Waals surface area contributed by atoms with Gasteiger partial charge in [-0.3, -0.25) is 4.79 Å². The van der Waals surface area contributed by atoms with Crippen LogP contribution in [0, 0.1) is 6.92 Å². The molecule has 0 aromatic carbocycles. The summed E-state index contributed by atoms with van der Waals surface area (Å²) in [6.07, 6.45) is 0.752. The van der Waals surface area contributed by atoms with E-state index in [4.69, 9.17) is 4.74 Å². The molecule has 2 heterocycles. The second-order valence-electron chi connectivity index (χ2n) is 5.08. The van der Waals surface area contributed by atoms with Crippen LogP contribution in [0.2, 0.25) is 0 Å². The molecule has 1 aromatic heterocycles. The molecule has 1 aliphatic heterocycles. The quantitative estimate of drug-likeness (QED) is 0.864. The highest BCUT2D eigenvalue weighted by Gasteiger charge is 2.21. The van der Waals surface area contributed by atoms with Gasteiger partial charge in [0.1, 0.15) is 0 Å². The van der Waals surface area contributed by atoms with Crippen molar-refractivity contribution in [2.45, 2.75) is 26.4 Å². The zero-order chi connectivity index (χ0) is 14.5. The van der Waals surface area contributed by atoms with Gasteiger partial charge in [-0.1, -0.05) is 6.92 Å². The van der Waals surface area contributed by atoms with Crippen molar-refractivity contribution in [3.63, 3.8) is 0 Å². The van der Waals surface area contributed by atoms with Gasteiger partial charge in [0.25, 0.3) is 5.91 Å². The van der Waals surface area contributed by atoms with Crippen molar-refractivity contribution in [2.24, 2.45) is 0 Å². The predicted octanol–water partition coefficient (Wildman–Crippen LogP) is 0.408. The fourth-order valence-electron chi connectivity index (χ4n) is 2.29. The van der Waals surface area contributed by atoms with Gasteiger partial charge >= 0.3 is 0 Å². The van der Waals surface area contributed by atoms with E-state index < -0.39 is 0 Å². The standard InChI is InChI=1S/C14H22N4O2/c1-4-13-12(7-10(2)16-17-13)14(19)18(3)9-11-8-15-5-6-20-11/h7,11,15H,4-6,8-9H2,1-3H3. The predicted molar refractivity (Wildman–Crippen MR) is 75.7 cm³/mol. The van der Waals surface area contributed by atoms with Gasteiger partial charge in [-0.2, -0.15) is 10.2 Å². The number of nitrogens with one attached hydrogen (secondary N) is 1. The molecule has 1 aromatic rings. The Kier molecular flexibility index (Phi) is 5.03. The third-order valence-electron chi connectivity index (χ3n) is 3.39. The zero-order valence-electron chi connectivity index (χ0n) is 12.3. The summed E-state index contributed by atoms with van der Waals surface area (Å²) in [6.45, 7) is 6.76. The van der Waals surface area contributed by atoms with Crippen molar-refractivity contribution in [1.82, 2.24) is 20.4 Å². The molecule has 1 N–H and O–H groups in total. The van der Waals surface area contributed by atoms with Crippen LogP contribution in [0.15, 0.2) is 6.07 Å². The maximum Gasteiger partial charge on any atom is 0.255 e. The highest BCUT2D eigenvalue weighted by molar-refractivity contribution is 5.95. The molecule has 1 unspecified atom stereocenters. The lowest BCUT2D eigenvalue weighted by molar-refractivity contribution is 0.0103. The number of rotatable bonds is 4. The average Bonchev–Trinajstić information content (AvgIpc) is 2.47. The molecule has 20 heavy (non-hydrogen) atoms. The van der Waals surface area contributed by atoms with Crippen LogP contribution in [0.25, 0.3) is 0 Å². The maximum absolute atomic E-state index is 12.5. The van der Waals surface area contributed by atoms with E-state index in [0.717, 1.165) is 24.5 Å². The summed E-state index contributed by atoms with van der Waals surface area (Å²) in [6, 6.07) is 1.81. The van der Waals surface area contributed by atoms with E-state index in [0.29, 0.717) is 25.1 Å². The Labute approximate surface area is 119 Å². The minimum absolute atomic E-state index is 0.0194. The molecule has 1 fully saturated rings. The van der Waals surface area contributed by atoms with E-state index in [9.17, 15) is 4.79 Å². The van der Waals surface area contributed by atoms with E-state index in [1.807, 2.05) is 19.9 Å². The first-order valence-corrected chi connectivity index (χ1v) is 7.02. The molecule has 1 amide bonds. The number of aryl methyl sites for hydroxylation is 2. The van der Waals surface area contributed by atoms with Crippen LogP contribution in [0.5, 0.6) is 0 Å². The summed E-state index contributed by atoms with van der Waals surface area (Å²) in [5.41, 5.74) is 2.15. The Morgan fingerprint density at radius 1 is 1.55 bits per heavy atom. The van der Waals surface area contributed by atoms with E-state index in [1.54, 1.807) is 11.9 Å². The van der Waals surface area contributed by atoms with Gasteiger partial charge in [-0.25, -0.2) is 0 Å². The SMILES string of the molecule is CCc1nnc(C)cc1C(=O)N(C)CC1CNCCO1. The van der Waals surface area contributed by atoms with Gasteiger partial charge in [0.2, 0.25) is 0 Å². The third kappa shape index (κ3) is 3.52. The maximum atomic E-state index is 12.5. The lowest BCUT2D eigenvalue weighted by Crippen LogP contribution is -2.45. The minimum atomic E-state index is -0.0194.